The second-order valence-corrected chi connectivity index (χ2v) is 5.15. The minimum Gasteiger partial charge on any atom is -0.378 e. The number of hydrogen-bond acceptors (Lipinski definition) is 3. The molecule has 0 aliphatic heterocycles. The number of amides is 2. The number of carbonyl (C=O) groups is 2. The second-order valence-electron chi connectivity index (χ2n) is 5.15. The second kappa shape index (κ2) is 6.76. The summed E-state index contributed by atoms with van der Waals surface area (Å²) >= 11 is 0. The molecular formula is C17H19N3O2. The predicted octanol–water partition coefficient (Wildman–Crippen LogP) is 2.96. The Morgan fingerprint density at radius 1 is 0.818 bits per heavy atom. The van der Waals surface area contributed by atoms with Gasteiger partial charge in [-0.15, -0.1) is 0 Å². The first-order chi connectivity index (χ1) is 10.5. The molecule has 5 nitrogen and oxygen atoms in total. The summed E-state index contributed by atoms with van der Waals surface area (Å²) < 4.78 is 0. The average molecular weight is 297 g/mol. The summed E-state index contributed by atoms with van der Waals surface area (Å²) in [6.07, 6.45) is 0. The van der Waals surface area contributed by atoms with Crippen LogP contribution >= 0.6 is 0 Å². The maximum Gasteiger partial charge on any atom is 0.255 e. The third kappa shape index (κ3) is 4.09. The molecule has 0 saturated carbocycles. The lowest BCUT2D eigenvalue weighted by Gasteiger charge is -2.13. The van der Waals surface area contributed by atoms with Crippen molar-refractivity contribution in [1.82, 2.24) is 0 Å². The molecule has 0 heterocycles. The third-order valence-electron chi connectivity index (χ3n) is 3.11. The Balaban J connectivity index is 2.03. The summed E-state index contributed by atoms with van der Waals surface area (Å²) in [7, 11) is 3.93. The maximum absolute atomic E-state index is 12.2. The molecule has 0 aromatic heterocycles. The molecule has 2 aromatic carbocycles. The van der Waals surface area contributed by atoms with Crippen molar-refractivity contribution in [2.75, 3.05) is 29.6 Å². The van der Waals surface area contributed by atoms with E-state index in [4.69, 9.17) is 0 Å². The van der Waals surface area contributed by atoms with Gasteiger partial charge in [-0.3, -0.25) is 9.59 Å². The van der Waals surface area contributed by atoms with E-state index in [0.29, 0.717) is 11.3 Å². The zero-order valence-electron chi connectivity index (χ0n) is 12.9. The molecule has 0 fully saturated rings. The first-order valence-corrected chi connectivity index (χ1v) is 6.92. The predicted molar refractivity (Wildman–Crippen MR) is 89.5 cm³/mol. The van der Waals surface area contributed by atoms with E-state index in [-0.39, 0.29) is 11.8 Å². The molecule has 0 bridgehead atoms. The number of nitrogens with zero attached hydrogens (tertiary/aromatic N) is 1. The molecule has 0 radical (unpaired) electrons. The lowest BCUT2D eigenvalue weighted by atomic mass is 10.2. The van der Waals surface area contributed by atoms with Gasteiger partial charge in [0.15, 0.2) is 0 Å². The summed E-state index contributed by atoms with van der Waals surface area (Å²) in [6, 6.07) is 14.4. The van der Waals surface area contributed by atoms with E-state index < -0.39 is 0 Å². The van der Waals surface area contributed by atoms with Crippen molar-refractivity contribution >= 4 is 28.9 Å². The highest BCUT2D eigenvalue weighted by Gasteiger charge is 2.06. The Labute approximate surface area is 129 Å². The number of rotatable bonds is 4. The van der Waals surface area contributed by atoms with Gasteiger partial charge in [-0.1, -0.05) is 0 Å². The summed E-state index contributed by atoms with van der Waals surface area (Å²) in [6.45, 7) is 1.44. The van der Waals surface area contributed by atoms with Crippen molar-refractivity contribution in [3.8, 4) is 0 Å². The minimum absolute atomic E-state index is 0.141. The molecule has 0 aliphatic rings. The van der Waals surface area contributed by atoms with Crippen LogP contribution in [0.2, 0.25) is 0 Å². The van der Waals surface area contributed by atoms with Crippen LogP contribution in [0.3, 0.4) is 0 Å². The highest BCUT2D eigenvalue weighted by molar-refractivity contribution is 6.04. The number of anilines is 3. The zero-order chi connectivity index (χ0) is 16.1. The maximum atomic E-state index is 12.2. The molecule has 2 aromatic rings. The molecule has 0 unspecified atom stereocenters. The minimum atomic E-state index is -0.188. The molecule has 0 spiro atoms. The Kier molecular flexibility index (Phi) is 4.78. The van der Waals surface area contributed by atoms with Crippen molar-refractivity contribution in [3.05, 3.63) is 54.1 Å². The van der Waals surface area contributed by atoms with Crippen molar-refractivity contribution in [3.63, 3.8) is 0 Å². The monoisotopic (exact) mass is 297 g/mol. The number of carbonyl (C=O) groups excluding carboxylic acids is 2. The standard InChI is InChI=1S/C17H19N3O2/c1-12(21)18-14-6-4-13(5-7-14)17(22)19-15-8-10-16(11-9-15)20(2)3/h4-11H,1-3H3,(H,18,21)(H,19,22). The molecule has 5 heteroatoms. The van der Waals surface area contributed by atoms with E-state index in [2.05, 4.69) is 10.6 Å². The molecule has 2 amide bonds. The molecule has 0 saturated heterocycles. The van der Waals surface area contributed by atoms with Gasteiger partial charge in [-0.2, -0.15) is 0 Å². The largest absolute Gasteiger partial charge is 0.378 e. The van der Waals surface area contributed by atoms with Gasteiger partial charge in [-0.25, -0.2) is 0 Å². The van der Waals surface area contributed by atoms with Crippen molar-refractivity contribution in [2.45, 2.75) is 6.92 Å². The summed E-state index contributed by atoms with van der Waals surface area (Å²) in [5, 5.41) is 5.50. The lowest BCUT2D eigenvalue weighted by Crippen LogP contribution is -2.13. The molecule has 2 rings (SSSR count). The van der Waals surface area contributed by atoms with Crippen LogP contribution in [0.1, 0.15) is 17.3 Å². The van der Waals surface area contributed by atoms with Gasteiger partial charge in [0, 0.05) is 43.6 Å². The first-order valence-electron chi connectivity index (χ1n) is 6.92. The van der Waals surface area contributed by atoms with Crippen LogP contribution in [0.5, 0.6) is 0 Å². The summed E-state index contributed by atoms with van der Waals surface area (Å²) in [5.41, 5.74) is 3.00. The summed E-state index contributed by atoms with van der Waals surface area (Å²) in [5.74, 6) is -0.329. The lowest BCUT2D eigenvalue weighted by molar-refractivity contribution is -0.114. The number of nitrogens with one attached hydrogen (secondary N) is 2. The van der Waals surface area contributed by atoms with Gasteiger partial charge < -0.3 is 15.5 Å². The van der Waals surface area contributed by atoms with Crippen LogP contribution < -0.4 is 15.5 Å². The highest BCUT2D eigenvalue weighted by Crippen LogP contribution is 2.17. The fourth-order valence-corrected chi connectivity index (χ4v) is 1.95. The average Bonchev–Trinajstić information content (AvgIpc) is 2.48. The van der Waals surface area contributed by atoms with Crippen LogP contribution in [0.15, 0.2) is 48.5 Å². The molecule has 114 valence electrons. The highest BCUT2D eigenvalue weighted by atomic mass is 16.2. The molecule has 2 N–H and O–H groups in total. The SMILES string of the molecule is CC(=O)Nc1ccc(C(=O)Nc2ccc(N(C)C)cc2)cc1. The third-order valence-corrected chi connectivity index (χ3v) is 3.11. The van der Waals surface area contributed by atoms with E-state index in [1.54, 1.807) is 24.3 Å². The fourth-order valence-electron chi connectivity index (χ4n) is 1.95. The quantitative estimate of drug-likeness (QED) is 0.912. The fraction of sp³-hybridized carbons (Fsp3) is 0.176. The van der Waals surface area contributed by atoms with Gasteiger partial charge in [0.2, 0.25) is 5.91 Å². The van der Waals surface area contributed by atoms with Gasteiger partial charge in [0.05, 0.1) is 0 Å². The van der Waals surface area contributed by atoms with Gasteiger partial charge in [0.1, 0.15) is 0 Å². The Hall–Kier alpha value is -2.82. The topological polar surface area (TPSA) is 61.4 Å². The van der Waals surface area contributed by atoms with Crippen LogP contribution in [-0.4, -0.2) is 25.9 Å². The molecule has 0 atom stereocenters. The van der Waals surface area contributed by atoms with E-state index >= 15 is 0 Å². The molecular weight excluding hydrogens is 278 g/mol. The van der Waals surface area contributed by atoms with Crippen LogP contribution in [0, 0.1) is 0 Å². The van der Waals surface area contributed by atoms with Crippen molar-refractivity contribution in [1.29, 1.82) is 0 Å². The number of hydrogen-bond donors (Lipinski definition) is 2. The van der Waals surface area contributed by atoms with Crippen LogP contribution in [-0.2, 0) is 4.79 Å². The normalized spacial score (nSPS) is 9.95. The zero-order valence-corrected chi connectivity index (χ0v) is 12.9. The Morgan fingerprint density at radius 3 is 1.82 bits per heavy atom. The Bertz CT molecular complexity index is 661. The van der Waals surface area contributed by atoms with E-state index in [1.165, 1.54) is 6.92 Å². The van der Waals surface area contributed by atoms with Gasteiger partial charge in [0.25, 0.3) is 5.91 Å². The van der Waals surface area contributed by atoms with Gasteiger partial charge in [-0.05, 0) is 48.5 Å². The smallest absolute Gasteiger partial charge is 0.255 e. The van der Waals surface area contributed by atoms with E-state index in [0.717, 1.165) is 11.4 Å². The van der Waals surface area contributed by atoms with Crippen LogP contribution in [0.4, 0.5) is 17.1 Å². The first kappa shape index (κ1) is 15.6. The van der Waals surface area contributed by atoms with Crippen molar-refractivity contribution < 1.29 is 9.59 Å². The summed E-state index contributed by atoms with van der Waals surface area (Å²) in [4.78, 5) is 25.1. The molecule has 0 aliphatic carbocycles. The molecule has 22 heavy (non-hydrogen) atoms. The Morgan fingerprint density at radius 2 is 1.32 bits per heavy atom. The van der Waals surface area contributed by atoms with Crippen LogP contribution in [0.25, 0.3) is 0 Å². The van der Waals surface area contributed by atoms with Crippen molar-refractivity contribution in [2.24, 2.45) is 0 Å². The number of benzene rings is 2. The van der Waals surface area contributed by atoms with E-state index in [1.807, 2.05) is 43.3 Å². The van der Waals surface area contributed by atoms with Gasteiger partial charge >= 0.3 is 0 Å². The van der Waals surface area contributed by atoms with E-state index in [9.17, 15) is 9.59 Å².